The van der Waals surface area contributed by atoms with Gasteiger partial charge in [0.25, 0.3) is 0 Å². The van der Waals surface area contributed by atoms with Crippen LogP contribution in [0.5, 0.6) is 0 Å². The van der Waals surface area contributed by atoms with Crippen molar-refractivity contribution in [1.29, 1.82) is 0 Å². The number of hydrogen-bond donors (Lipinski definition) is 2. The van der Waals surface area contributed by atoms with E-state index >= 15 is 0 Å². The molecule has 0 bridgehead atoms. The van der Waals surface area contributed by atoms with Gasteiger partial charge < -0.3 is 10.6 Å². The molecule has 1 aromatic rings. The molecule has 0 atom stereocenters. The van der Waals surface area contributed by atoms with Crippen LogP contribution in [0.4, 0.5) is 17.3 Å². The third-order valence-corrected chi connectivity index (χ3v) is 3.72. The zero-order valence-corrected chi connectivity index (χ0v) is 11.3. The first-order chi connectivity index (χ1) is 9.12. The van der Waals surface area contributed by atoms with E-state index in [9.17, 15) is 10.1 Å². The van der Waals surface area contributed by atoms with Gasteiger partial charge in [-0.1, -0.05) is 6.92 Å². The summed E-state index contributed by atoms with van der Waals surface area (Å²) < 4.78 is 0. The lowest BCUT2D eigenvalue weighted by atomic mass is 9.75. The predicted molar refractivity (Wildman–Crippen MR) is 73.3 cm³/mol. The molecule has 104 valence electrons. The standard InChI is InChI=1S/C12H19N5O2/c1-3-12(6-5-7-12)16-11-9(17(18)19)10(13-4-2)14-8-15-11/h8H,3-7H2,1-2H3,(H2,13,14,15,16). The smallest absolute Gasteiger partial charge is 0.353 e. The van der Waals surface area contributed by atoms with Gasteiger partial charge in [-0.05, 0) is 32.6 Å². The number of nitrogens with zero attached hydrogens (tertiary/aromatic N) is 3. The normalized spacial score (nSPS) is 16.5. The Morgan fingerprint density at radius 3 is 2.53 bits per heavy atom. The molecule has 0 unspecified atom stereocenters. The Bertz CT molecular complexity index is 468. The fourth-order valence-corrected chi connectivity index (χ4v) is 2.36. The van der Waals surface area contributed by atoms with Gasteiger partial charge in [0, 0.05) is 12.1 Å². The van der Waals surface area contributed by atoms with E-state index in [2.05, 4.69) is 27.5 Å². The van der Waals surface area contributed by atoms with E-state index in [1.54, 1.807) is 0 Å². The second-order valence-corrected chi connectivity index (χ2v) is 4.82. The molecule has 0 spiro atoms. The van der Waals surface area contributed by atoms with Crippen molar-refractivity contribution >= 4 is 17.3 Å². The number of aromatic nitrogens is 2. The quantitative estimate of drug-likeness (QED) is 0.606. The van der Waals surface area contributed by atoms with Crippen LogP contribution in [0.3, 0.4) is 0 Å². The molecule has 0 aliphatic heterocycles. The molecule has 2 rings (SSSR count). The maximum absolute atomic E-state index is 11.2. The molecule has 7 nitrogen and oxygen atoms in total. The van der Waals surface area contributed by atoms with Crippen LogP contribution in [0.2, 0.25) is 0 Å². The average molecular weight is 265 g/mol. The monoisotopic (exact) mass is 265 g/mol. The van der Waals surface area contributed by atoms with Crippen molar-refractivity contribution in [3.8, 4) is 0 Å². The van der Waals surface area contributed by atoms with E-state index in [4.69, 9.17) is 0 Å². The van der Waals surface area contributed by atoms with E-state index in [-0.39, 0.29) is 17.0 Å². The topological polar surface area (TPSA) is 93.0 Å². The third-order valence-electron chi connectivity index (χ3n) is 3.72. The number of nitro groups is 1. The maximum atomic E-state index is 11.2. The number of rotatable bonds is 6. The van der Waals surface area contributed by atoms with Crippen molar-refractivity contribution in [3.05, 3.63) is 16.4 Å². The third kappa shape index (κ3) is 2.59. The predicted octanol–water partition coefficient (Wildman–Crippen LogP) is 2.56. The van der Waals surface area contributed by atoms with Crippen LogP contribution in [0, 0.1) is 10.1 Å². The van der Waals surface area contributed by atoms with Gasteiger partial charge in [-0.25, -0.2) is 9.97 Å². The highest BCUT2D eigenvalue weighted by atomic mass is 16.6. The summed E-state index contributed by atoms with van der Waals surface area (Å²) >= 11 is 0. The minimum absolute atomic E-state index is 0.0391. The van der Waals surface area contributed by atoms with Crippen molar-refractivity contribution in [3.63, 3.8) is 0 Å². The Kier molecular flexibility index (Phi) is 3.82. The summed E-state index contributed by atoms with van der Waals surface area (Å²) in [5.41, 5.74) is -0.105. The summed E-state index contributed by atoms with van der Waals surface area (Å²) in [6, 6.07) is 0. The second-order valence-electron chi connectivity index (χ2n) is 4.82. The van der Waals surface area contributed by atoms with E-state index < -0.39 is 4.92 Å². The molecule has 2 N–H and O–H groups in total. The number of nitrogens with one attached hydrogen (secondary N) is 2. The van der Waals surface area contributed by atoms with Crippen LogP contribution >= 0.6 is 0 Å². The van der Waals surface area contributed by atoms with Crippen LogP contribution in [0.25, 0.3) is 0 Å². The molecule has 1 saturated carbocycles. The molecule has 0 amide bonds. The maximum Gasteiger partial charge on any atom is 0.353 e. The Morgan fingerprint density at radius 1 is 1.37 bits per heavy atom. The summed E-state index contributed by atoms with van der Waals surface area (Å²) in [7, 11) is 0. The summed E-state index contributed by atoms with van der Waals surface area (Å²) in [6.45, 7) is 4.54. The van der Waals surface area contributed by atoms with Gasteiger partial charge in [0.2, 0.25) is 11.6 Å². The first-order valence-corrected chi connectivity index (χ1v) is 6.63. The minimum atomic E-state index is -0.428. The fourth-order valence-electron chi connectivity index (χ4n) is 2.36. The summed E-state index contributed by atoms with van der Waals surface area (Å²) in [6.07, 6.45) is 5.50. The van der Waals surface area contributed by atoms with Crippen LogP contribution in [-0.2, 0) is 0 Å². The Hall–Kier alpha value is -1.92. The first kappa shape index (κ1) is 13.5. The van der Waals surface area contributed by atoms with Gasteiger partial charge in [0.05, 0.1) is 4.92 Å². The molecule has 1 heterocycles. The van der Waals surface area contributed by atoms with Gasteiger partial charge in [-0.2, -0.15) is 0 Å². The highest BCUT2D eigenvalue weighted by Crippen LogP contribution is 2.40. The molecule has 0 aromatic carbocycles. The van der Waals surface area contributed by atoms with Crippen LogP contribution in [0.1, 0.15) is 39.5 Å². The van der Waals surface area contributed by atoms with Gasteiger partial charge >= 0.3 is 5.69 Å². The van der Waals surface area contributed by atoms with Gasteiger partial charge in [-0.3, -0.25) is 10.1 Å². The molecule has 1 fully saturated rings. The van der Waals surface area contributed by atoms with Crippen LogP contribution in [0.15, 0.2) is 6.33 Å². The lowest BCUT2D eigenvalue weighted by molar-refractivity contribution is -0.383. The Balaban J connectivity index is 2.33. The van der Waals surface area contributed by atoms with Gasteiger partial charge in [-0.15, -0.1) is 0 Å². The molecule has 0 radical (unpaired) electrons. The molecule has 7 heteroatoms. The largest absolute Gasteiger partial charge is 0.364 e. The van der Waals surface area contributed by atoms with E-state index in [0.717, 1.165) is 25.7 Å². The van der Waals surface area contributed by atoms with Crippen molar-refractivity contribution in [2.45, 2.75) is 45.1 Å². The molecule has 1 aliphatic carbocycles. The van der Waals surface area contributed by atoms with E-state index in [1.165, 1.54) is 6.33 Å². The minimum Gasteiger partial charge on any atom is -0.364 e. The first-order valence-electron chi connectivity index (χ1n) is 6.63. The molecule has 1 aliphatic rings. The van der Waals surface area contributed by atoms with E-state index in [1.807, 2.05) is 6.92 Å². The zero-order valence-electron chi connectivity index (χ0n) is 11.3. The number of hydrogen-bond acceptors (Lipinski definition) is 6. The zero-order chi connectivity index (χ0) is 13.9. The second kappa shape index (κ2) is 5.38. The summed E-state index contributed by atoms with van der Waals surface area (Å²) in [4.78, 5) is 18.8. The highest BCUT2D eigenvalue weighted by Gasteiger charge is 2.37. The molecule has 0 saturated heterocycles. The fraction of sp³-hybridized carbons (Fsp3) is 0.667. The van der Waals surface area contributed by atoms with Crippen LogP contribution < -0.4 is 10.6 Å². The highest BCUT2D eigenvalue weighted by molar-refractivity contribution is 5.70. The van der Waals surface area contributed by atoms with Crippen molar-refractivity contribution < 1.29 is 4.92 Å². The van der Waals surface area contributed by atoms with Crippen molar-refractivity contribution in [1.82, 2.24) is 9.97 Å². The van der Waals surface area contributed by atoms with Crippen molar-refractivity contribution in [2.24, 2.45) is 0 Å². The Morgan fingerprint density at radius 2 is 2.05 bits per heavy atom. The lowest BCUT2D eigenvalue weighted by Crippen LogP contribution is -2.44. The average Bonchev–Trinajstić information content (AvgIpc) is 2.34. The Labute approximate surface area is 112 Å². The molecular weight excluding hydrogens is 246 g/mol. The SMILES string of the molecule is CCNc1ncnc(NC2(CC)CCC2)c1[N+](=O)[O-]. The molecular formula is C12H19N5O2. The number of anilines is 2. The lowest BCUT2D eigenvalue weighted by Gasteiger charge is -2.42. The summed E-state index contributed by atoms with van der Waals surface area (Å²) in [5.74, 6) is 0.591. The van der Waals surface area contributed by atoms with Gasteiger partial charge in [0.15, 0.2) is 0 Å². The molecule has 1 aromatic heterocycles. The van der Waals surface area contributed by atoms with Crippen molar-refractivity contribution in [2.75, 3.05) is 17.2 Å². The van der Waals surface area contributed by atoms with E-state index in [0.29, 0.717) is 12.4 Å². The van der Waals surface area contributed by atoms with Crippen LogP contribution in [-0.4, -0.2) is 27.0 Å². The summed E-state index contributed by atoms with van der Waals surface area (Å²) in [5, 5.41) is 17.4. The molecule has 19 heavy (non-hydrogen) atoms. The van der Waals surface area contributed by atoms with Gasteiger partial charge in [0.1, 0.15) is 6.33 Å².